The molecule has 38 heavy (non-hydrogen) atoms. The van der Waals surface area contributed by atoms with Gasteiger partial charge in [-0.05, 0) is 57.1 Å². The maximum Gasteiger partial charge on any atom is 0.408 e. The number of carbonyl (C=O) groups is 4. The highest BCUT2D eigenvalue weighted by atomic mass is 16.6. The summed E-state index contributed by atoms with van der Waals surface area (Å²) in [6, 6.07) is 4.85. The summed E-state index contributed by atoms with van der Waals surface area (Å²) in [5, 5.41) is 9.07. The van der Waals surface area contributed by atoms with Crippen molar-refractivity contribution in [3.63, 3.8) is 0 Å². The molecule has 6 N–H and O–H groups in total. The normalized spacial score (nSPS) is 14.1. The van der Waals surface area contributed by atoms with Gasteiger partial charge in [-0.2, -0.15) is 0 Å². The highest BCUT2D eigenvalue weighted by Crippen LogP contribution is 2.20. The quantitative estimate of drug-likeness (QED) is 0.286. The van der Waals surface area contributed by atoms with E-state index in [9.17, 15) is 19.2 Å². The van der Waals surface area contributed by atoms with Gasteiger partial charge in [-0.1, -0.05) is 45.9 Å². The Morgan fingerprint density at radius 3 is 2.00 bits per heavy atom. The monoisotopic (exact) mass is 529 g/mol. The molecule has 1 heterocycles. The van der Waals surface area contributed by atoms with Gasteiger partial charge in [-0.25, -0.2) is 4.79 Å². The van der Waals surface area contributed by atoms with Crippen molar-refractivity contribution >= 4 is 34.7 Å². The van der Waals surface area contributed by atoms with Crippen LogP contribution in [0.1, 0.15) is 66.9 Å². The van der Waals surface area contributed by atoms with Crippen LogP contribution >= 0.6 is 0 Å². The smallest absolute Gasteiger partial charge is 0.408 e. The van der Waals surface area contributed by atoms with E-state index < -0.39 is 47.5 Å². The number of aromatic nitrogens is 1. The lowest BCUT2D eigenvalue weighted by Crippen LogP contribution is -2.57. The Morgan fingerprint density at radius 2 is 1.42 bits per heavy atom. The largest absolute Gasteiger partial charge is 0.444 e. The zero-order valence-corrected chi connectivity index (χ0v) is 23.5. The summed E-state index contributed by atoms with van der Waals surface area (Å²) in [5.41, 5.74) is 6.48. The van der Waals surface area contributed by atoms with Crippen LogP contribution in [0.15, 0.2) is 30.5 Å². The standard InChI is InChI=1S/C28H43N5O5/c1-16(2)12-21(24(29)34)31-25(35)22(13-17(3)4)32-26(36)23(33-27(37)38-28(5,6)7)14-18-15-30-20-11-9-8-10-19(18)20/h8-11,15-17,21-23,30H,12-14H2,1-7H3,(H2,29,34)(H,31,35)(H,32,36)(H,33,37)/t21-,22+,23-/m1/s1. The molecule has 0 saturated carbocycles. The van der Waals surface area contributed by atoms with Crippen molar-refractivity contribution < 1.29 is 23.9 Å². The number of H-pyrrole nitrogens is 1. The average molecular weight is 530 g/mol. The average Bonchev–Trinajstić information content (AvgIpc) is 3.18. The van der Waals surface area contributed by atoms with Gasteiger partial charge in [0, 0.05) is 23.5 Å². The number of ether oxygens (including phenoxy) is 1. The molecular formula is C28H43N5O5. The van der Waals surface area contributed by atoms with Crippen LogP contribution in [0.5, 0.6) is 0 Å². The predicted octanol–water partition coefficient (Wildman–Crippen LogP) is 3.15. The van der Waals surface area contributed by atoms with Crippen molar-refractivity contribution in [3.05, 3.63) is 36.0 Å². The zero-order valence-electron chi connectivity index (χ0n) is 23.5. The Morgan fingerprint density at radius 1 is 0.868 bits per heavy atom. The molecule has 10 nitrogen and oxygen atoms in total. The number of hydrogen-bond donors (Lipinski definition) is 5. The number of aromatic amines is 1. The molecular weight excluding hydrogens is 486 g/mol. The van der Waals surface area contributed by atoms with E-state index in [-0.39, 0.29) is 18.3 Å². The molecule has 0 aliphatic rings. The van der Waals surface area contributed by atoms with Crippen molar-refractivity contribution in [2.45, 2.75) is 91.5 Å². The van der Waals surface area contributed by atoms with Crippen LogP contribution < -0.4 is 21.7 Å². The molecule has 0 aliphatic heterocycles. The number of nitrogens with one attached hydrogen (secondary N) is 4. The van der Waals surface area contributed by atoms with E-state index in [0.717, 1.165) is 16.5 Å². The first-order chi connectivity index (χ1) is 17.7. The fourth-order valence-electron chi connectivity index (χ4n) is 4.14. The molecule has 2 rings (SSSR count). The van der Waals surface area contributed by atoms with E-state index >= 15 is 0 Å². The summed E-state index contributed by atoms with van der Waals surface area (Å²) in [4.78, 5) is 54.5. The fraction of sp³-hybridized carbons (Fsp3) is 0.571. The van der Waals surface area contributed by atoms with Gasteiger partial charge in [0.25, 0.3) is 0 Å². The van der Waals surface area contributed by atoms with Crippen LogP contribution in [-0.4, -0.2) is 52.5 Å². The van der Waals surface area contributed by atoms with Gasteiger partial charge in [-0.3, -0.25) is 14.4 Å². The minimum absolute atomic E-state index is 0.0639. The molecule has 0 bridgehead atoms. The Hall–Kier alpha value is -3.56. The molecule has 0 aliphatic carbocycles. The van der Waals surface area contributed by atoms with Crippen molar-refractivity contribution in [1.29, 1.82) is 0 Å². The van der Waals surface area contributed by atoms with E-state index in [4.69, 9.17) is 10.5 Å². The Bertz CT molecular complexity index is 1120. The minimum Gasteiger partial charge on any atom is -0.444 e. The predicted molar refractivity (Wildman–Crippen MR) is 147 cm³/mol. The van der Waals surface area contributed by atoms with Crippen LogP contribution in [0.25, 0.3) is 10.9 Å². The zero-order chi connectivity index (χ0) is 28.6. The summed E-state index contributed by atoms with van der Waals surface area (Å²) in [7, 11) is 0. The Balaban J connectivity index is 2.29. The van der Waals surface area contributed by atoms with Gasteiger partial charge in [0.1, 0.15) is 23.7 Å². The lowest BCUT2D eigenvalue weighted by atomic mass is 9.99. The lowest BCUT2D eigenvalue weighted by Gasteiger charge is -2.27. The first-order valence-corrected chi connectivity index (χ1v) is 13.1. The highest BCUT2D eigenvalue weighted by Gasteiger charge is 2.31. The third-order valence-corrected chi connectivity index (χ3v) is 5.81. The van der Waals surface area contributed by atoms with Crippen LogP contribution in [0.2, 0.25) is 0 Å². The van der Waals surface area contributed by atoms with E-state index in [1.54, 1.807) is 27.0 Å². The van der Waals surface area contributed by atoms with E-state index in [0.29, 0.717) is 12.8 Å². The third-order valence-electron chi connectivity index (χ3n) is 5.81. The second-order valence-corrected chi connectivity index (χ2v) is 11.5. The second-order valence-electron chi connectivity index (χ2n) is 11.5. The van der Waals surface area contributed by atoms with Crippen LogP contribution in [-0.2, 0) is 25.5 Å². The van der Waals surface area contributed by atoms with Crippen molar-refractivity contribution in [1.82, 2.24) is 20.9 Å². The molecule has 3 atom stereocenters. The molecule has 0 spiro atoms. The van der Waals surface area contributed by atoms with Gasteiger partial charge < -0.3 is 31.4 Å². The third kappa shape index (κ3) is 9.72. The summed E-state index contributed by atoms with van der Waals surface area (Å²) in [5.74, 6) is -1.48. The Labute approximate surface area is 224 Å². The number of fused-ring (bicyclic) bond motifs is 1. The number of carbonyl (C=O) groups excluding carboxylic acids is 4. The van der Waals surface area contributed by atoms with E-state index in [1.165, 1.54) is 0 Å². The summed E-state index contributed by atoms with van der Waals surface area (Å²) in [6.07, 6.45) is 1.93. The van der Waals surface area contributed by atoms with Crippen molar-refractivity contribution in [3.8, 4) is 0 Å². The number of primary amides is 1. The Kier molecular flexibility index (Phi) is 10.7. The molecule has 10 heteroatoms. The number of nitrogens with two attached hydrogens (primary N) is 1. The van der Waals surface area contributed by atoms with Gasteiger partial charge in [0.2, 0.25) is 17.7 Å². The highest BCUT2D eigenvalue weighted by molar-refractivity contribution is 5.94. The van der Waals surface area contributed by atoms with Crippen molar-refractivity contribution in [2.24, 2.45) is 17.6 Å². The summed E-state index contributed by atoms with van der Waals surface area (Å²) in [6.45, 7) is 12.9. The number of benzene rings is 1. The maximum atomic E-state index is 13.5. The number of hydrogen-bond acceptors (Lipinski definition) is 5. The number of rotatable bonds is 12. The van der Waals surface area contributed by atoms with Crippen LogP contribution in [0, 0.1) is 11.8 Å². The van der Waals surface area contributed by atoms with Gasteiger partial charge in [0.15, 0.2) is 0 Å². The number of alkyl carbamates (subject to hydrolysis) is 1. The topological polar surface area (TPSA) is 155 Å². The number of amides is 4. The molecule has 0 unspecified atom stereocenters. The summed E-state index contributed by atoms with van der Waals surface area (Å²) < 4.78 is 5.39. The van der Waals surface area contributed by atoms with Gasteiger partial charge in [0.05, 0.1) is 0 Å². The molecule has 1 aromatic carbocycles. The van der Waals surface area contributed by atoms with E-state index in [2.05, 4.69) is 20.9 Å². The fourth-order valence-corrected chi connectivity index (χ4v) is 4.14. The van der Waals surface area contributed by atoms with Crippen molar-refractivity contribution in [2.75, 3.05) is 0 Å². The SMILES string of the molecule is CC(C)C[C@H](NC(=O)[C@@H](Cc1c[nH]c2ccccc12)NC(=O)OC(C)(C)C)C(=O)N[C@H](CC(C)C)C(N)=O. The van der Waals surface area contributed by atoms with Gasteiger partial charge >= 0.3 is 6.09 Å². The molecule has 0 radical (unpaired) electrons. The lowest BCUT2D eigenvalue weighted by molar-refractivity contribution is -0.132. The molecule has 210 valence electrons. The number of para-hydroxylation sites is 1. The summed E-state index contributed by atoms with van der Waals surface area (Å²) >= 11 is 0. The molecule has 2 aromatic rings. The molecule has 1 aromatic heterocycles. The molecule has 0 fully saturated rings. The molecule has 0 saturated heterocycles. The first-order valence-electron chi connectivity index (χ1n) is 13.1. The first kappa shape index (κ1) is 30.7. The van der Waals surface area contributed by atoms with E-state index in [1.807, 2.05) is 52.0 Å². The maximum absolute atomic E-state index is 13.5. The second kappa shape index (κ2) is 13.3. The van der Waals surface area contributed by atoms with Crippen LogP contribution in [0.4, 0.5) is 4.79 Å². The van der Waals surface area contributed by atoms with Crippen LogP contribution in [0.3, 0.4) is 0 Å². The minimum atomic E-state index is -1.02. The van der Waals surface area contributed by atoms with Gasteiger partial charge in [-0.15, -0.1) is 0 Å². The molecule has 4 amide bonds.